The van der Waals surface area contributed by atoms with Crippen molar-refractivity contribution >= 4 is 17.5 Å². The number of halogens is 1. The van der Waals surface area contributed by atoms with Crippen LogP contribution in [-0.2, 0) is 17.9 Å². The van der Waals surface area contributed by atoms with Crippen molar-refractivity contribution in [2.45, 2.75) is 92.0 Å². The number of aryl methyl sites for hydroxylation is 1. The number of nitrogens with one attached hydrogen (secondary N) is 1. The average Bonchev–Trinajstić information content (AvgIpc) is 3.08. The Hall–Kier alpha value is -1.15. The molecule has 3 aliphatic heterocycles. The summed E-state index contributed by atoms with van der Waals surface area (Å²) in [5, 5.41) is 5.17. The van der Waals surface area contributed by atoms with Crippen molar-refractivity contribution in [3.8, 4) is 0 Å². The first-order valence-corrected chi connectivity index (χ1v) is 12.0. The zero-order valence-electron chi connectivity index (χ0n) is 19.7. The molecule has 1 fully saturated rings. The standard InChI is InChI=1S/C11H16ClN5O.C9H19N.C2H6/c1-7-13-11(18-15-7)10-9(12)8-6-16(2)4-3-5-17(8)14-10;1-9(2)10-7-5-3-4-6-8-10;1-2/h7,15H,3-6H2,1-2H3;9H,3-8H2,1-2H3;1-2H3. The first-order chi connectivity index (χ1) is 14.5. The molecule has 8 heteroatoms. The topological polar surface area (TPSA) is 57.9 Å². The van der Waals surface area contributed by atoms with Gasteiger partial charge in [-0.05, 0) is 60.2 Å². The van der Waals surface area contributed by atoms with E-state index in [1.165, 1.54) is 38.8 Å². The number of likely N-dealkylation sites (tertiary alicyclic amines) is 1. The van der Waals surface area contributed by atoms with Crippen molar-refractivity contribution in [2.24, 2.45) is 4.99 Å². The zero-order chi connectivity index (χ0) is 22.1. The number of hydrogen-bond acceptors (Lipinski definition) is 6. The van der Waals surface area contributed by atoms with Crippen LogP contribution in [0, 0.1) is 0 Å². The fourth-order valence-electron chi connectivity index (χ4n) is 3.86. The van der Waals surface area contributed by atoms with E-state index in [1.54, 1.807) is 0 Å². The van der Waals surface area contributed by atoms with Gasteiger partial charge in [-0.25, -0.2) is 4.99 Å². The molecular weight excluding hydrogens is 400 g/mol. The fraction of sp³-hybridized carbons (Fsp3) is 0.818. The minimum Gasteiger partial charge on any atom is -0.384 e. The minimum atomic E-state index is -0.0553. The van der Waals surface area contributed by atoms with Crippen LogP contribution in [0.3, 0.4) is 0 Å². The summed E-state index contributed by atoms with van der Waals surface area (Å²) in [7, 11) is 2.09. The Bertz CT molecular complexity index is 667. The summed E-state index contributed by atoms with van der Waals surface area (Å²) in [6, 6.07) is 0.762. The molecule has 0 aromatic carbocycles. The summed E-state index contributed by atoms with van der Waals surface area (Å²) in [5.74, 6) is 0.482. The third kappa shape index (κ3) is 6.94. The predicted molar refractivity (Wildman–Crippen MR) is 125 cm³/mol. The van der Waals surface area contributed by atoms with Gasteiger partial charge < -0.3 is 14.6 Å². The number of aromatic nitrogens is 2. The van der Waals surface area contributed by atoms with Crippen LogP contribution >= 0.6 is 11.6 Å². The molecule has 0 saturated carbocycles. The highest BCUT2D eigenvalue weighted by Gasteiger charge is 2.27. The van der Waals surface area contributed by atoms with Gasteiger partial charge in [-0.3, -0.25) is 4.68 Å². The van der Waals surface area contributed by atoms with Crippen LogP contribution in [0.15, 0.2) is 4.99 Å². The Morgan fingerprint density at radius 1 is 1.03 bits per heavy atom. The molecule has 1 aromatic heterocycles. The van der Waals surface area contributed by atoms with Crippen molar-refractivity contribution in [1.29, 1.82) is 0 Å². The summed E-state index contributed by atoms with van der Waals surface area (Å²) in [6.07, 6.45) is 6.74. The van der Waals surface area contributed by atoms with E-state index in [0.717, 1.165) is 37.8 Å². The van der Waals surface area contributed by atoms with E-state index in [0.29, 0.717) is 16.6 Å². The number of hydroxylamine groups is 1. The van der Waals surface area contributed by atoms with E-state index in [4.69, 9.17) is 16.4 Å². The van der Waals surface area contributed by atoms with Crippen LogP contribution in [0.1, 0.15) is 78.1 Å². The molecule has 4 heterocycles. The summed E-state index contributed by atoms with van der Waals surface area (Å²) >= 11 is 6.41. The Morgan fingerprint density at radius 2 is 1.70 bits per heavy atom. The normalized spacial score (nSPS) is 22.5. The molecule has 1 aromatic rings. The minimum absolute atomic E-state index is 0.0553. The highest BCUT2D eigenvalue weighted by atomic mass is 35.5. The third-order valence-electron chi connectivity index (χ3n) is 5.53. The van der Waals surface area contributed by atoms with E-state index in [2.05, 4.69) is 46.3 Å². The molecule has 0 amide bonds. The summed E-state index contributed by atoms with van der Waals surface area (Å²) < 4.78 is 1.97. The van der Waals surface area contributed by atoms with Crippen LogP contribution in [-0.4, -0.2) is 64.4 Å². The van der Waals surface area contributed by atoms with Crippen molar-refractivity contribution in [1.82, 2.24) is 25.1 Å². The van der Waals surface area contributed by atoms with Crippen molar-refractivity contribution < 1.29 is 4.84 Å². The van der Waals surface area contributed by atoms with E-state index < -0.39 is 0 Å². The Balaban J connectivity index is 0.000000228. The van der Waals surface area contributed by atoms with E-state index >= 15 is 0 Å². The zero-order valence-corrected chi connectivity index (χ0v) is 20.5. The molecule has 0 spiro atoms. The van der Waals surface area contributed by atoms with Crippen molar-refractivity contribution in [3.05, 3.63) is 16.4 Å². The molecule has 3 aliphatic rings. The van der Waals surface area contributed by atoms with Gasteiger partial charge in [-0.2, -0.15) is 5.10 Å². The molecule has 172 valence electrons. The molecule has 1 N–H and O–H groups in total. The Labute approximate surface area is 187 Å². The maximum atomic E-state index is 6.41. The maximum Gasteiger partial charge on any atom is 0.264 e. The monoisotopic (exact) mass is 440 g/mol. The number of fused-ring (bicyclic) bond motifs is 1. The van der Waals surface area contributed by atoms with E-state index in [9.17, 15) is 0 Å². The predicted octanol–water partition coefficient (Wildman–Crippen LogP) is 4.30. The quantitative estimate of drug-likeness (QED) is 0.743. The number of nitrogens with zero attached hydrogens (tertiary/aromatic N) is 5. The largest absolute Gasteiger partial charge is 0.384 e. The average molecular weight is 441 g/mol. The summed E-state index contributed by atoms with van der Waals surface area (Å²) in [4.78, 5) is 14.4. The molecule has 1 saturated heterocycles. The molecule has 0 aliphatic carbocycles. The fourth-order valence-corrected chi connectivity index (χ4v) is 4.14. The molecule has 0 bridgehead atoms. The lowest BCUT2D eigenvalue weighted by Crippen LogP contribution is -2.31. The van der Waals surface area contributed by atoms with Gasteiger partial charge in [0, 0.05) is 25.7 Å². The van der Waals surface area contributed by atoms with Gasteiger partial charge >= 0.3 is 0 Å². The van der Waals surface area contributed by atoms with E-state index in [-0.39, 0.29) is 6.17 Å². The summed E-state index contributed by atoms with van der Waals surface area (Å²) in [6.45, 7) is 15.9. The molecule has 30 heavy (non-hydrogen) atoms. The van der Waals surface area contributed by atoms with Crippen LogP contribution in [0.2, 0.25) is 5.02 Å². The summed E-state index contributed by atoms with van der Waals surface area (Å²) in [5.41, 5.74) is 4.45. The van der Waals surface area contributed by atoms with Crippen LogP contribution in [0.4, 0.5) is 0 Å². The third-order valence-corrected chi connectivity index (χ3v) is 5.93. The van der Waals surface area contributed by atoms with Crippen LogP contribution in [0.25, 0.3) is 0 Å². The molecule has 4 rings (SSSR count). The van der Waals surface area contributed by atoms with Gasteiger partial charge in [0.2, 0.25) is 0 Å². The highest BCUT2D eigenvalue weighted by molar-refractivity contribution is 6.34. The number of hydrogen-bond donors (Lipinski definition) is 1. The van der Waals surface area contributed by atoms with E-state index in [1.807, 2.05) is 25.5 Å². The SMILES string of the molecule is CC.CC(C)N1CCCCCC1.CC1N=C(c2nn3c(c2Cl)CN(C)CCC3)ON1. The van der Waals surface area contributed by atoms with Gasteiger partial charge in [0.25, 0.3) is 5.90 Å². The Morgan fingerprint density at radius 3 is 2.27 bits per heavy atom. The molecule has 1 unspecified atom stereocenters. The lowest BCUT2D eigenvalue weighted by Gasteiger charge is -2.23. The first kappa shape index (κ1) is 25.1. The smallest absolute Gasteiger partial charge is 0.264 e. The number of aliphatic imine (C=N–C) groups is 1. The molecule has 7 nitrogen and oxygen atoms in total. The van der Waals surface area contributed by atoms with Gasteiger partial charge in [-0.1, -0.05) is 38.3 Å². The van der Waals surface area contributed by atoms with Crippen LogP contribution in [0.5, 0.6) is 0 Å². The van der Waals surface area contributed by atoms with Crippen molar-refractivity contribution in [2.75, 3.05) is 26.7 Å². The molecule has 1 atom stereocenters. The molecule has 0 radical (unpaired) electrons. The van der Waals surface area contributed by atoms with Gasteiger partial charge in [-0.15, -0.1) is 5.48 Å². The lowest BCUT2D eigenvalue weighted by molar-refractivity contribution is 0.185. The second-order valence-corrected chi connectivity index (χ2v) is 8.68. The van der Waals surface area contributed by atoms with Gasteiger partial charge in [0.05, 0.1) is 10.7 Å². The lowest BCUT2D eigenvalue weighted by atomic mass is 10.2. The Kier molecular flexibility index (Phi) is 10.6. The first-order valence-electron chi connectivity index (χ1n) is 11.6. The molecular formula is C22H41ClN6O. The van der Waals surface area contributed by atoms with Gasteiger partial charge in [0.15, 0.2) is 5.69 Å². The van der Waals surface area contributed by atoms with Crippen molar-refractivity contribution in [3.63, 3.8) is 0 Å². The van der Waals surface area contributed by atoms with Gasteiger partial charge in [0.1, 0.15) is 6.17 Å². The maximum absolute atomic E-state index is 6.41. The second kappa shape index (κ2) is 12.6. The second-order valence-electron chi connectivity index (χ2n) is 8.30. The number of rotatable bonds is 2. The highest BCUT2D eigenvalue weighted by Crippen LogP contribution is 2.26. The van der Waals surface area contributed by atoms with Crippen LogP contribution < -0.4 is 5.48 Å².